The van der Waals surface area contributed by atoms with Crippen LogP contribution in [-0.2, 0) is 0 Å². The number of para-hydroxylation sites is 2. The molecule has 2 heterocycles. The Kier molecular flexibility index (Phi) is 7.45. The molecule has 3 aromatic carbocycles. The first-order valence-corrected chi connectivity index (χ1v) is 13.6. The molecule has 0 radical (unpaired) electrons. The van der Waals surface area contributed by atoms with Gasteiger partial charge in [0, 0.05) is 16.2 Å². The number of nitrogens with one attached hydrogen (secondary N) is 2. The Balaban J connectivity index is 1.51. The molecular formula is C30H27BrN9+. The zero-order valence-corrected chi connectivity index (χ0v) is 23.0. The average Bonchev–Trinajstić information content (AvgIpc) is 2.99. The highest BCUT2D eigenvalue weighted by atomic mass is 79.9. The summed E-state index contributed by atoms with van der Waals surface area (Å²) in [6.45, 7) is 0. The number of quaternary nitrogens is 1. The summed E-state index contributed by atoms with van der Waals surface area (Å²) in [4.78, 5) is 19.5. The molecule has 9 nitrogen and oxygen atoms in total. The third-order valence-corrected chi connectivity index (χ3v) is 6.84. The summed E-state index contributed by atoms with van der Waals surface area (Å²) in [6, 6.07) is 27.5. The van der Waals surface area contributed by atoms with E-state index in [4.69, 9.17) is 25.8 Å². The van der Waals surface area contributed by atoms with Gasteiger partial charge in [-0.3, -0.25) is 5.32 Å². The fraction of sp³-hybridized carbons (Fsp3) is 0.0667. The number of fused-ring (bicyclic) bond motifs is 1. The van der Waals surface area contributed by atoms with Gasteiger partial charge in [-0.25, -0.2) is 20.8 Å². The first kappa shape index (κ1) is 25.6. The number of hydrogen-bond acceptors (Lipinski definition) is 8. The van der Waals surface area contributed by atoms with Crippen LogP contribution in [0.15, 0.2) is 114 Å². The summed E-state index contributed by atoms with van der Waals surface area (Å²) in [6.07, 6.45) is 9.11. The highest BCUT2D eigenvalue weighted by Crippen LogP contribution is 2.30. The molecular weight excluding hydrogens is 566 g/mol. The first-order valence-electron chi connectivity index (χ1n) is 12.8. The lowest BCUT2D eigenvalue weighted by atomic mass is 10.1. The Morgan fingerprint density at radius 2 is 1.57 bits per heavy atom. The molecule has 198 valence electrons. The Bertz CT molecular complexity index is 1670. The second kappa shape index (κ2) is 11.6. The summed E-state index contributed by atoms with van der Waals surface area (Å²) in [5, 5.41) is 10.3. The van der Waals surface area contributed by atoms with Gasteiger partial charge in [0.15, 0.2) is 11.3 Å². The van der Waals surface area contributed by atoms with E-state index in [1.807, 2.05) is 102 Å². The number of nitrogens with two attached hydrogens (primary N) is 2. The third kappa shape index (κ3) is 5.84. The van der Waals surface area contributed by atoms with Crippen LogP contribution in [0.1, 0.15) is 6.42 Å². The fourth-order valence-electron chi connectivity index (χ4n) is 4.33. The molecule has 1 aliphatic carbocycles. The fourth-order valence-corrected chi connectivity index (χ4v) is 4.59. The minimum atomic E-state index is 0.0492. The van der Waals surface area contributed by atoms with Crippen molar-refractivity contribution in [2.24, 2.45) is 5.84 Å². The van der Waals surface area contributed by atoms with E-state index in [-0.39, 0.29) is 6.04 Å². The van der Waals surface area contributed by atoms with E-state index in [0.29, 0.717) is 34.6 Å². The van der Waals surface area contributed by atoms with Gasteiger partial charge in [0.25, 0.3) is 11.8 Å². The van der Waals surface area contributed by atoms with E-state index in [2.05, 4.69) is 38.7 Å². The highest BCUT2D eigenvalue weighted by Gasteiger charge is 2.23. The third-order valence-electron chi connectivity index (χ3n) is 6.31. The van der Waals surface area contributed by atoms with Crippen LogP contribution in [0.4, 0.5) is 40.6 Å². The molecule has 1 atom stereocenters. The van der Waals surface area contributed by atoms with Crippen molar-refractivity contribution in [1.29, 1.82) is 0 Å². The lowest BCUT2D eigenvalue weighted by molar-refractivity contribution is -0.481. The van der Waals surface area contributed by atoms with Crippen LogP contribution in [0.25, 0.3) is 11.0 Å². The summed E-state index contributed by atoms with van der Waals surface area (Å²) in [5.74, 6) is 8.55. The van der Waals surface area contributed by atoms with Crippen molar-refractivity contribution in [2.45, 2.75) is 12.5 Å². The predicted molar refractivity (Wildman–Crippen MR) is 163 cm³/mol. The molecule has 0 amide bonds. The normalized spacial score (nSPS) is 14.3. The van der Waals surface area contributed by atoms with Crippen LogP contribution >= 0.6 is 15.9 Å². The van der Waals surface area contributed by atoms with Crippen molar-refractivity contribution in [1.82, 2.24) is 19.9 Å². The number of halogens is 1. The summed E-state index contributed by atoms with van der Waals surface area (Å²) in [7, 11) is 0. The number of nitrogens with zero attached hydrogens (tertiary/aromatic N) is 5. The van der Waals surface area contributed by atoms with Gasteiger partial charge in [-0.05, 0) is 55.0 Å². The van der Waals surface area contributed by atoms with Gasteiger partial charge < -0.3 is 10.6 Å². The number of hydrogen-bond donors (Lipinski definition) is 4. The Hall–Kier alpha value is -4.64. The second-order valence-corrected chi connectivity index (χ2v) is 10.1. The van der Waals surface area contributed by atoms with Gasteiger partial charge in [-0.15, -0.1) is 0 Å². The van der Waals surface area contributed by atoms with Crippen LogP contribution in [0.5, 0.6) is 0 Å². The van der Waals surface area contributed by atoms with Gasteiger partial charge in [0.1, 0.15) is 11.2 Å². The van der Waals surface area contributed by atoms with E-state index in [0.717, 1.165) is 28.0 Å². The molecule has 0 saturated carbocycles. The molecule has 0 aliphatic heterocycles. The SMILES string of the molecule is NN(c1ccc(Br)cc1)c1nc([NH2+]c2ccccc2)c2nc(Nc3ccccc3)nc(NC3C=CC=CC3)c2n1. The molecule has 6 N–H and O–H groups in total. The Morgan fingerprint density at radius 3 is 2.30 bits per heavy atom. The highest BCUT2D eigenvalue weighted by molar-refractivity contribution is 9.10. The number of anilines is 5. The van der Waals surface area contributed by atoms with Crippen LogP contribution in [0, 0.1) is 0 Å². The monoisotopic (exact) mass is 592 g/mol. The molecule has 5 aromatic rings. The maximum Gasteiger partial charge on any atom is 0.261 e. The number of hydrazine groups is 1. The van der Waals surface area contributed by atoms with E-state index in [1.165, 1.54) is 5.01 Å². The number of aromatic nitrogens is 4. The van der Waals surface area contributed by atoms with E-state index < -0.39 is 0 Å². The van der Waals surface area contributed by atoms with Gasteiger partial charge in [-0.2, -0.15) is 9.97 Å². The Labute approximate surface area is 240 Å². The maximum absolute atomic E-state index is 6.57. The van der Waals surface area contributed by atoms with Gasteiger partial charge in [0.2, 0.25) is 5.95 Å². The minimum absolute atomic E-state index is 0.0492. The minimum Gasteiger partial charge on any atom is -0.362 e. The lowest BCUT2D eigenvalue weighted by Crippen LogP contribution is -2.71. The van der Waals surface area contributed by atoms with Crippen LogP contribution in [-0.4, -0.2) is 26.0 Å². The first-order chi connectivity index (χ1) is 19.6. The summed E-state index contributed by atoms with van der Waals surface area (Å²) in [5.41, 5.74) is 3.77. The predicted octanol–water partition coefficient (Wildman–Crippen LogP) is 5.76. The molecule has 0 spiro atoms. The van der Waals surface area contributed by atoms with Crippen LogP contribution < -0.4 is 26.8 Å². The zero-order valence-electron chi connectivity index (χ0n) is 21.4. The Morgan fingerprint density at radius 1 is 0.825 bits per heavy atom. The molecule has 0 saturated heterocycles. The quantitative estimate of drug-likeness (QED) is 0.102. The van der Waals surface area contributed by atoms with Crippen molar-refractivity contribution < 1.29 is 5.32 Å². The van der Waals surface area contributed by atoms with E-state index >= 15 is 0 Å². The van der Waals surface area contributed by atoms with Crippen LogP contribution in [0.2, 0.25) is 0 Å². The molecule has 40 heavy (non-hydrogen) atoms. The van der Waals surface area contributed by atoms with E-state index in [1.54, 1.807) is 0 Å². The van der Waals surface area contributed by atoms with Gasteiger partial charge in [0.05, 0.1) is 5.69 Å². The van der Waals surface area contributed by atoms with Crippen LogP contribution in [0.3, 0.4) is 0 Å². The summed E-state index contributed by atoms with van der Waals surface area (Å²) < 4.78 is 0.954. The zero-order chi connectivity index (χ0) is 27.3. The average molecular weight is 594 g/mol. The smallest absolute Gasteiger partial charge is 0.261 e. The van der Waals surface area contributed by atoms with Crippen molar-refractivity contribution >= 4 is 67.6 Å². The molecule has 2 aromatic heterocycles. The number of benzene rings is 3. The van der Waals surface area contributed by atoms with Gasteiger partial charge in [-0.1, -0.05) is 76.6 Å². The number of allylic oxidation sites excluding steroid dienone is 2. The standard InChI is InChI=1S/C30H26BrN9/c31-20-16-18-24(19-17-20)40(32)30-37-26-25(28(39-30)34-22-12-6-2-7-13-22)36-29(35-23-14-8-3-9-15-23)38-27(26)33-21-10-4-1-5-11-21/h1-10,12-19,21H,11,32H2,(H,34,37,39)(H2,33,35,36,38)/p+1. The molecule has 6 rings (SSSR count). The topological polar surface area (TPSA) is 121 Å². The number of rotatable bonds is 8. The molecule has 1 aliphatic rings. The van der Waals surface area contributed by atoms with Crippen molar-refractivity contribution in [2.75, 3.05) is 15.6 Å². The van der Waals surface area contributed by atoms with Crippen molar-refractivity contribution in [3.63, 3.8) is 0 Å². The second-order valence-electron chi connectivity index (χ2n) is 9.19. The molecule has 1 unspecified atom stereocenters. The molecule has 0 fully saturated rings. The molecule has 0 bridgehead atoms. The van der Waals surface area contributed by atoms with Crippen molar-refractivity contribution in [3.05, 3.63) is 114 Å². The lowest BCUT2D eigenvalue weighted by Gasteiger charge is -2.20. The maximum atomic E-state index is 6.57. The van der Waals surface area contributed by atoms with Gasteiger partial charge >= 0.3 is 0 Å². The summed E-state index contributed by atoms with van der Waals surface area (Å²) >= 11 is 3.48. The largest absolute Gasteiger partial charge is 0.362 e. The van der Waals surface area contributed by atoms with E-state index in [9.17, 15) is 0 Å². The molecule has 10 heteroatoms. The van der Waals surface area contributed by atoms with Crippen molar-refractivity contribution in [3.8, 4) is 0 Å².